The van der Waals surface area contributed by atoms with Crippen molar-refractivity contribution in [3.05, 3.63) is 16.1 Å². The fourth-order valence-electron chi connectivity index (χ4n) is 1.87. The van der Waals surface area contributed by atoms with Gasteiger partial charge in [0.1, 0.15) is 0 Å². The molecule has 1 aliphatic rings. The van der Waals surface area contributed by atoms with Gasteiger partial charge in [0, 0.05) is 30.9 Å². The first-order valence-corrected chi connectivity index (χ1v) is 7.61. The monoisotopic (exact) mass is 394 g/mol. The standard InChI is InChI=1S/C13H22N4S.HI/c1-3-14-13(17-11-5-4-6-11)15-8-7-12-9-18-10(2)16-12;/h9,11H,3-8H2,1-2H3,(H2,14,15,17);1H. The molecule has 0 bridgehead atoms. The molecule has 1 saturated carbocycles. The van der Waals surface area contributed by atoms with Crippen LogP contribution in [0.15, 0.2) is 10.4 Å². The van der Waals surface area contributed by atoms with Crippen LogP contribution in [0.3, 0.4) is 0 Å². The van der Waals surface area contributed by atoms with Crippen LogP contribution in [-0.2, 0) is 6.42 Å². The van der Waals surface area contributed by atoms with Crippen molar-refractivity contribution in [1.82, 2.24) is 15.6 Å². The molecule has 1 heterocycles. The number of nitrogens with zero attached hydrogens (tertiary/aromatic N) is 2. The van der Waals surface area contributed by atoms with Gasteiger partial charge in [0.2, 0.25) is 0 Å². The van der Waals surface area contributed by atoms with E-state index in [1.165, 1.54) is 19.3 Å². The number of hydrogen-bond donors (Lipinski definition) is 2. The molecule has 1 aromatic rings. The van der Waals surface area contributed by atoms with Crippen LogP contribution in [0.1, 0.15) is 36.9 Å². The highest BCUT2D eigenvalue weighted by Crippen LogP contribution is 2.17. The summed E-state index contributed by atoms with van der Waals surface area (Å²) < 4.78 is 0. The second-order valence-electron chi connectivity index (χ2n) is 4.64. The van der Waals surface area contributed by atoms with Crippen molar-refractivity contribution in [2.24, 2.45) is 4.99 Å². The van der Waals surface area contributed by atoms with Crippen molar-refractivity contribution in [2.45, 2.75) is 45.6 Å². The third-order valence-electron chi connectivity index (χ3n) is 3.09. The molecule has 0 unspecified atom stereocenters. The highest BCUT2D eigenvalue weighted by atomic mass is 127. The van der Waals surface area contributed by atoms with E-state index in [1.54, 1.807) is 11.3 Å². The number of halogens is 1. The Morgan fingerprint density at radius 3 is 2.84 bits per heavy atom. The first-order valence-electron chi connectivity index (χ1n) is 6.73. The van der Waals surface area contributed by atoms with Gasteiger partial charge in [-0.1, -0.05) is 0 Å². The van der Waals surface area contributed by atoms with Crippen LogP contribution in [0, 0.1) is 6.92 Å². The topological polar surface area (TPSA) is 49.3 Å². The summed E-state index contributed by atoms with van der Waals surface area (Å²) >= 11 is 1.71. The third-order valence-corrected chi connectivity index (χ3v) is 3.92. The Kier molecular flexibility index (Phi) is 7.67. The zero-order valence-corrected chi connectivity index (χ0v) is 14.8. The predicted octanol–water partition coefficient (Wildman–Crippen LogP) is 2.72. The molecule has 0 aliphatic heterocycles. The van der Waals surface area contributed by atoms with Crippen molar-refractivity contribution in [2.75, 3.05) is 13.1 Å². The summed E-state index contributed by atoms with van der Waals surface area (Å²) in [7, 11) is 0. The molecule has 19 heavy (non-hydrogen) atoms. The Morgan fingerprint density at radius 2 is 2.32 bits per heavy atom. The molecule has 1 fully saturated rings. The third kappa shape index (κ3) is 5.64. The van der Waals surface area contributed by atoms with Gasteiger partial charge in [-0.3, -0.25) is 4.99 Å². The van der Waals surface area contributed by atoms with E-state index in [4.69, 9.17) is 0 Å². The fraction of sp³-hybridized carbons (Fsp3) is 0.692. The van der Waals surface area contributed by atoms with Crippen LogP contribution >= 0.6 is 35.3 Å². The van der Waals surface area contributed by atoms with Crippen LogP contribution in [0.4, 0.5) is 0 Å². The van der Waals surface area contributed by atoms with Gasteiger partial charge in [-0.15, -0.1) is 35.3 Å². The lowest BCUT2D eigenvalue weighted by molar-refractivity contribution is 0.380. The average Bonchev–Trinajstić information content (AvgIpc) is 2.69. The number of aliphatic imine (C=N–C) groups is 1. The average molecular weight is 394 g/mol. The van der Waals surface area contributed by atoms with Gasteiger partial charge in [0.25, 0.3) is 0 Å². The second-order valence-corrected chi connectivity index (χ2v) is 5.70. The molecule has 0 atom stereocenters. The Hall–Kier alpha value is -0.370. The van der Waals surface area contributed by atoms with Crippen molar-refractivity contribution < 1.29 is 0 Å². The highest BCUT2D eigenvalue weighted by Gasteiger charge is 2.17. The molecule has 2 N–H and O–H groups in total. The largest absolute Gasteiger partial charge is 0.357 e. The highest BCUT2D eigenvalue weighted by molar-refractivity contribution is 14.0. The van der Waals surface area contributed by atoms with Crippen molar-refractivity contribution >= 4 is 41.3 Å². The summed E-state index contributed by atoms with van der Waals surface area (Å²) in [6, 6.07) is 0.629. The molecule has 4 nitrogen and oxygen atoms in total. The van der Waals surface area contributed by atoms with Gasteiger partial charge in [0.15, 0.2) is 5.96 Å². The predicted molar refractivity (Wildman–Crippen MR) is 92.7 cm³/mol. The maximum Gasteiger partial charge on any atom is 0.191 e. The van der Waals surface area contributed by atoms with Crippen molar-refractivity contribution in [3.63, 3.8) is 0 Å². The first-order chi connectivity index (χ1) is 8.78. The zero-order valence-electron chi connectivity index (χ0n) is 11.6. The molecule has 108 valence electrons. The molecule has 0 amide bonds. The van der Waals surface area contributed by atoms with E-state index in [-0.39, 0.29) is 24.0 Å². The number of nitrogens with one attached hydrogen (secondary N) is 2. The van der Waals surface area contributed by atoms with Gasteiger partial charge in [0.05, 0.1) is 10.7 Å². The Morgan fingerprint density at radius 1 is 1.53 bits per heavy atom. The van der Waals surface area contributed by atoms with Gasteiger partial charge in [-0.05, 0) is 33.1 Å². The molecule has 2 rings (SSSR count). The van der Waals surface area contributed by atoms with Gasteiger partial charge < -0.3 is 10.6 Å². The minimum absolute atomic E-state index is 0. The maximum atomic E-state index is 4.60. The number of guanidine groups is 1. The van der Waals surface area contributed by atoms with Crippen LogP contribution in [0.25, 0.3) is 0 Å². The smallest absolute Gasteiger partial charge is 0.191 e. The van der Waals surface area contributed by atoms with E-state index >= 15 is 0 Å². The maximum absolute atomic E-state index is 4.60. The van der Waals surface area contributed by atoms with Crippen molar-refractivity contribution in [3.8, 4) is 0 Å². The molecule has 0 saturated heterocycles. The molecular formula is C13H23IN4S. The number of hydrogen-bond acceptors (Lipinski definition) is 3. The minimum Gasteiger partial charge on any atom is -0.357 e. The van der Waals surface area contributed by atoms with Gasteiger partial charge in [-0.2, -0.15) is 0 Å². The van der Waals surface area contributed by atoms with E-state index in [0.717, 1.165) is 36.2 Å². The Labute approximate surface area is 136 Å². The zero-order chi connectivity index (χ0) is 12.8. The molecule has 0 spiro atoms. The second kappa shape index (κ2) is 8.73. The lowest BCUT2D eigenvalue weighted by atomic mass is 9.93. The van der Waals surface area contributed by atoms with Crippen LogP contribution in [-0.4, -0.2) is 30.1 Å². The molecule has 0 radical (unpaired) electrons. The van der Waals surface area contributed by atoms with Crippen LogP contribution in [0.5, 0.6) is 0 Å². The van der Waals surface area contributed by atoms with E-state index in [1.807, 2.05) is 6.92 Å². The number of thiazole rings is 1. The summed E-state index contributed by atoms with van der Waals surface area (Å²) in [5.41, 5.74) is 1.15. The quantitative estimate of drug-likeness (QED) is 0.459. The lowest BCUT2D eigenvalue weighted by Gasteiger charge is -2.28. The molecule has 0 aromatic carbocycles. The summed E-state index contributed by atoms with van der Waals surface area (Å²) in [5, 5.41) is 10.0. The van der Waals surface area contributed by atoms with Gasteiger partial charge >= 0.3 is 0 Å². The summed E-state index contributed by atoms with van der Waals surface area (Å²) in [6.45, 7) is 5.85. The molecule has 6 heteroatoms. The Bertz CT molecular complexity index is 401. The normalized spacial score (nSPS) is 15.6. The first kappa shape index (κ1) is 16.7. The summed E-state index contributed by atoms with van der Waals surface area (Å²) in [5.74, 6) is 0.953. The number of aryl methyl sites for hydroxylation is 1. The van der Waals surface area contributed by atoms with E-state index in [0.29, 0.717) is 6.04 Å². The Balaban J connectivity index is 0.00000180. The number of aromatic nitrogens is 1. The van der Waals surface area contributed by atoms with Crippen LogP contribution < -0.4 is 10.6 Å². The van der Waals surface area contributed by atoms with E-state index in [2.05, 4.69) is 32.9 Å². The number of rotatable bonds is 5. The van der Waals surface area contributed by atoms with Crippen molar-refractivity contribution in [1.29, 1.82) is 0 Å². The lowest BCUT2D eigenvalue weighted by Crippen LogP contribution is -2.46. The minimum atomic E-state index is 0. The molecule has 1 aromatic heterocycles. The van der Waals surface area contributed by atoms with Crippen LogP contribution in [0.2, 0.25) is 0 Å². The van der Waals surface area contributed by atoms with E-state index in [9.17, 15) is 0 Å². The van der Waals surface area contributed by atoms with Gasteiger partial charge in [-0.25, -0.2) is 4.98 Å². The van der Waals surface area contributed by atoms with E-state index < -0.39 is 0 Å². The summed E-state index contributed by atoms with van der Waals surface area (Å²) in [4.78, 5) is 9.05. The molecular weight excluding hydrogens is 371 g/mol. The summed E-state index contributed by atoms with van der Waals surface area (Å²) in [6.07, 6.45) is 4.81. The molecule has 1 aliphatic carbocycles. The SMILES string of the molecule is CCNC(=NCCc1csc(C)n1)NC1CCC1.I. The fourth-order valence-corrected chi connectivity index (χ4v) is 2.52.